The van der Waals surface area contributed by atoms with E-state index in [9.17, 15) is 197 Å². The maximum Gasteiger partial charge on any atom is 0.364 e. The van der Waals surface area contributed by atoms with Gasteiger partial charge in [0.15, 0.2) is 62.9 Å². The number of amides is 6. The van der Waals surface area contributed by atoms with Crippen molar-refractivity contribution in [2.75, 3.05) is 85.9 Å². The maximum atomic E-state index is 13.4. The maximum absolute atomic E-state index is 13.4. The normalized spacial score (nSPS) is 46.3. The fourth-order valence-corrected chi connectivity index (χ4v) is 19.2. The molecule has 11 saturated heterocycles. The number of hydrogen-bond donors (Lipinski definition) is 38. The number of aliphatic carboxylic acids is 1. The zero-order valence-electron chi connectivity index (χ0n) is 80.5. The molecule has 38 N–H and O–H groups in total. The minimum absolute atomic E-state index is 0.228. The number of carbonyl (C=O) groups is 7. The molecule has 0 aromatic carbocycles. The summed E-state index contributed by atoms with van der Waals surface area (Å²) < 4.78 is 130. The Labute approximate surface area is 848 Å². The summed E-state index contributed by atoms with van der Waals surface area (Å²) >= 11 is 0. The van der Waals surface area contributed by atoms with E-state index in [-0.39, 0.29) is 6.41 Å². The Morgan fingerprint density at radius 3 is 0.920 bits per heavy atom. The average molecular weight is 2200 g/mol. The van der Waals surface area contributed by atoms with E-state index in [1.165, 1.54) is 0 Å². The summed E-state index contributed by atoms with van der Waals surface area (Å²) in [4.78, 5) is 89.5. The van der Waals surface area contributed by atoms with Gasteiger partial charge in [-0.3, -0.25) is 28.8 Å². The Hall–Kier alpha value is -5.83. The van der Waals surface area contributed by atoms with Crippen LogP contribution < -0.4 is 31.9 Å². The predicted octanol–water partition coefficient (Wildman–Crippen LogP) is -25.9. The molecule has 67 heteroatoms. The van der Waals surface area contributed by atoms with Crippen molar-refractivity contribution < 1.29 is 301 Å². The fourth-order valence-electron chi connectivity index (χ4n) is 19.2. The number of rotatable bonds is 45. The topological polar surface area (TPSA) is 1040 Å². The summed E-state index contributed by atoms with van der Waals surface area (Å²) in [7, 11) is 0. The van der Waals surface area contributed by atoms with Gasteiger partial charge in [0.2, 0.25) is 35.9 Å². The highest BCUT2D eigenvalue weighted by Gasteiger charge is 2.65. The van der Waals surface area contributed by atoms with Gasteiger partial charge in [0.1, 0.15) is 262 Å². The highest BCUT2D eigenvalue weighted by molar-refractivity contribution is 5.77. The van der Waals surface area contributed by atoms with Crippen LogP contribution >= 0.6 is 0 Å². The molecule has 866 valence electrons. The van der Waals surface area contributed by atoms with Crippen LogP contribution in [0.4, 0.5) is 0 Å². The van der Waals surface area contributed by atoms with Gasteiger partial charge in [-0.15, -0.1) is 0 Å². The van der Waals surface area contributed by atoms with Crippen molar-refractivity contribution >= 4 is 41.9 Å². The second-order valence-electron chi connectivity index (χ2n) is 37.4. The molecule has 0 aliphatic carbocycles. The first-order valence-electron chi connectivity index (χ1n) is 47.5. The van der Waals surface area contributed by atoms with Crippen molar-refractivity contribution in [1.29, 1.82) is 0 Å². The van der Waals surface area contributed by atoms with Crippen molar-refractivity contribution in [2.24, 2.45) is 0 Å². The minimum Gasteiger partial charge on any atom is -0.477 e. The first-order valence-corrected chi connectivity index (χ1v) is 47.5. The standard InChI is InChI=1S/C83H138N6O61/c1-21(102)85-39-27(107)6-83(82(127)128,149-67(39)44(109)28(108)8-91)150-71-48(113)32(12-95)134-81(61(71)126)144-65-36(16-99)138-74(43(53(65)118)89-25(5)106)146-68-46(111)30(10-93)132-78(58(68)123)142-62-33(13-96)135-72(40(50(62)115)86-22(2)103)130-19-38-49(114)70(148-75-41(87-23(3)104)51(116)63(34(14-97)136-75)141-77-56(121)54(119)45(110)29(9-92)131-77)60(125)80(140-38)143-64-35(15-98)137-73(42(52(64)117)88-24(4)105)147-69-47(112)31(11-94)133-79(59(69)124)145-66-37(17-100)139-76(57(122)55(66)120)129-18-26(7-90)84-20-101/h20,26-81,90-100,107-126H,6-19H2,1-5H3,(H,84,101)(H,85,102)(H,86,103)(H,87,104)(H,88,105)(H,89,106)(H,127,128)/t26-,27+,28-,29-,30-,31-,32-,33-,34-,35-,36-,37-,38-,39-,40-,41-,42-,43-,44-,45+,46+,47+,48+,49+,50-,51-,52-,53-,54+,55-,56-,57-,58-,59-,60-,61-,62-,63-,64-,65-,66-,67-,68+,69+,70+,71+,72-,73+,74+,75+,76-,77+,78+,79+,80+,81+,83+/m1/s1. The van der Waals surface area contributed by atoms with E-state index in [2.05, 4.69) is 31.9 Å². The largest absolute Gasteiger partial charge is 0.477 e. The van der Waals surface area contributed by atoms with Crippen molar-refractivity contribution in [2.45, 2.75) is 390 Å². The van der Waals surface area contributed by atoms with Crippen LogP contribution in [0.1, 0.15) is 41.0 Å². The van der Waals surface area contributed by atoms with Gasteiger partial charge in [0.25, 0.3) is 5.79 Å². The van der Waals surface area contributed by atoms with Crippen LogP contribution in [0.15, 0.2) is 0 Å². The van der Waals surface area contributed by atoms with E-state index >= 15 is 0 Å². The molecule has 0 aromatic rings. The van der Waals surface area contributed by atoms with Crippen molar-refractivity contribution in [3.63, 3.8) is 0 Å². The van der Waals surface area contributed by atoms with E-state index in [0.717, 1.165) is 34.6 Å². The van der Waals surface area contributed by atoms with Gasteiger partial charge in [0.05, 0.1) is 104 Å². The molecule has 11 rings (SSSR count). The third-order valence-electron chi connectivity index (χ3n) is 26.9. The summed E-state index contributed by atoms with van der Waals surface area (Å²) in [6.07, 6.45) is -110. The third kappa shape index (κ3) is 28.0. The number of aliphatic hydroxyl groups is 31. The van der Waals surface area contributed by atoms with Crippen molar-refractivity contribution in [3.8, 4) is 0 Å². The van der Waals surface area contributed by atoms with Gasteiger partial charge in [-0.1, -0.05) is 0 Å². The lowest BCUT2D eigenvalue weighted by Crippen LogP contribution is -2.71. The molecule has 11 aliphatic heterocycles. The molecule has 150 heavy (non-hydrogen) atoms. The van der Waals surface area contributed by atoms with Crippen LogP contribution in [-0.4, -0.2) is 640 Å². The number of carbonyl (C=O) groups excluding carboxylic acids is 6. The number of aliphatic hydroxyl groups excluding tert-OH is 31. The molecule has 11 heterocycles. The van der Waals surface area contributed by atoms with Gasteiger partial charge in [-0.25, -0.2) is 4.79 Å². The molecule has 57 atom stereocenters. The quantitative estimate of drug-likeness (QED) is 0.0252. The van der Waals surface area contributed by atoms with E-state index in [1.807, 2.05) is 0 Å². The highest BCUT2D eigenvalue weighted by atomic mass is 16.8. The second kappa shape index (κ2) is 55.1. The number of hydrogen-bond acceptors (Lipinski definition) is 60. The number of carboxylic acid groups (broad SMARTS) is 1. The summed E-state index contributed by atoms with van der Waals surface area (Å²) in [6.45, 7) is -9.84. The summed E-state index contributed by atoms with van der Waals surface area (Å²) in [5.41, 5.74) is 0. The summed E-state index contributed by atoms with van der Waals surface area (Å²) in [6, 6.07) is -11.0. The Morgan fingerprint density at radius 1 is 0.307 bits per heavy atom. The zero-order chi connectivity index (χ0) is 111. The van der Waals surface area contributed by atoms with Crippen LogP contribution in [-0.2, 0) is 138 Å². The first-order chi connectivity index (χ1) is 71.0. The van der Waals surface area contributed by atoms with E-state index in [4.69, 9.17) is 104 Å². The van der Waals surface area contributed by atoms with Crippen LogP contribution in [0.2, 0.25) is 0 Å². The smallest absolute Gasteiger partial charge is 0.364 e. The minimum atomic E-state index is -3.31. The molecule has 11 aliphatic rings. The predicted molar refractivity (Wildman–Crippen MR) is 461 cm³/mol. The molecule has 6 amide bonds. The van der Waals surface area contributed by atoms with E-state index in [1.54, 1.807) is 0 Å². The van der Waals surface area contributed by atoms with Crippen LogP contribution in [0.25, 0.3) is 0 Å². The Balaban J connectivity index is 0.844. The molecular formula is C83H138N6O61. The van der Waals surface area contributed by atoms with Gasteiger partial charge in [-0.2, -0.15) is 0 Å². The first kappa shape index (κ1) is 124. The van der Waals surface area contributed by atoms with Gasteiger partial charge in [-0.05, 0) is 0 Å². The second-order valence-corrected chi connectivity index (χ2v) is 37.4. The molecule has 0 radical (unpaired) electrons. The number of nitrogens with one attached hydrogen (secondary N) is 6. The molecular weight excluding hydrogens is 2060 g/mol. The molecule has 0 aromatic heterocycles. The van der Waals surface area contributed by atoms with E-state index < -0.39 is 477 Å². The highest BCUT2D eigenvalue weighted by Crippen LogP contribution is 2.44. The lowest BCUT2D eigenvalue weighted by atomic mass is 9.88. The van der Waals surface area contributed by atoms with Gasteiger partial charge in [0, 0.05) is 41.0 Å². The monoisotopic (exact) mass is 2190 g/mol. The van der Waals surface area contributed by atoms with Crippen molar-refractivity contribution in [1.82, 2.24) is 31.9 Å². The zero-order valence-corrected chi connectivity index (χ0v) is 80.5. The number of carboxylic acids is 1. The molecule has 0 spiro atoms. The SMILES string of the molecule is CC(=O)N[C@H]1[C@H](O[C@H]2[C@@H](O)[C@@H](CO[C@@H]3O[C@H](CO)[C@@H](O[C@@H]4O[C@H](CO)[C@H](O)[C@H](O[C@@H]5O[C@H](CO)[C@@H](O[C@@H]6O[C@H](CO)[C@H](O)[C@H](O[C@]7(C(=O)O)C[C@H](O)[C@@H](NC(C)=O)[C@H]([C@H](O)[C@H](O)CO)O7)[C@H]6O)[C@H](O)[C@H]5NC(C)=O)[C@H]4O)[C@H](O)[C@H]3NC(C)=O)O[C@@H](O[C@H]3[C@H](O)[C@@H](NC(C)=O)[C@H](O[C@H]4[C@@H](O)[C@@H](CO)O[C@@H](O[C@H]5[C@H](O)[C@@H](O)[C@H](OC[C@@H](CO)NC=O)O[C@@H]5CO)[C@@H]4O)O[C@@H]3CO)[C@@H]2O)O[C@H](CO)[C@@H](O[C@@H]2O[C@H](CO)[C@H](O)[C@H](O)[C@H]2O)[C@@H]1O. The van der Waals surface area contributed by atoms with Gasteiger partial charge >= 0.3 is 5.97 Å². The average Bonchev–Trinajstić information content (AvgIpc) is 0.746. The van der Waals surface area contributed by atoms with Crippen LogP contribution in [0.5, 0.6) is 0 Å². The third-order valence-corrected chi connectivity index (χ3v) is 26.9. The molecule has 67 nitrogen and oxygen atoms in total. The molecule has 11 fully saturated rings. The molecule has 0 bridgehead atoms. The van der Waals surface area contributed by atoms with E-state index in [0.29, 0.717) is 0 Å². The molecule has 0 unspecified atom stereocenters. The van der Waals surface area contributed by atoms with Gasteiger partial charge < -0.3 is 300 Å². The summed E-state index contributed by atoms with van der Waals surface area (Å²) in [5, 5.41) is 374. The Morgan fingerprint density at radius 2 is 0.587 bits per heavy atom. The lowest BCUT2D eigenvalue weighted by Gasteiger charge is -2.51. The Bertz CT molecular complexity index is 4230. The summed E-state index contributed by atoms with van der Waals surface area (Å²) in [5.74, 6) is -10.5. The Kier molecular flexibility index (Phi) is 45.7. The van der Waals surface area contributed by atoms with Crippen LogP contribution in [0, 0.1) is 0 Å². The van der Waals surface area contributed by atoms with Crippen molar-refractivity contribution in [3.05, 3.63) is 0 Å². The van der Waals surface area contributed by atoms with Crippen LogP contribution in [0.3, 0.4) is 0 Å². The number of ether oxygens (including phenoxy) is 22. The molecule has 0 saturated carbocycles. The lowest BCUT2D eigenvalue weighted by molar-refractivity contribution is -0.391. The fraction of sp³-hybridized carbons (Fsp3) is 0.916.